The first-order valence-electron chi connectivity index (χ1n) is 2.57. The number of hydrogen-bond acceptors (Lipinski definition) is 4. The van der Waals surface area contributed by atoms with Gasteiger partial charge in [0.2, 0.25) is 6.54 Å². The Morgan fingerprint density at radius 2 is 1.64 bits per heavy atom. The van der Waals surface area contributed by atoms with E-state index in [1.807, 2.05) is 0 Å². The van der Waals surface area contributed by atoms with Gasteiger partial charge < -0.3 is 10.4 Å². The van der Waals surface area contributed by atoms with Crippen LogP contribution in [-0.2, 0) is 0 Å². The standard InChI is InChI=1S/C3H7NO2.CH2NO2.Na/c1-2-3-4(5)6;1-2(3)4;/h2-3H2,1H3;1H2;/q;-1;+1. The predicted molar refractivity (Wildman–Crippen MR) is 36.3 cm³/mol. The van der Waals surface area contributed by atoms with Gasteiger partial charge in [0.15, 0.2) is 6.72 Å². The molecular weight excluding hydrogens is 163 g/mol. The summed E-state index contributed by atoms with van der Waals surface area (Å²) in [5, 5.41) is 26.8. The molecule has 0 N–H and O–H groups in total. The Morgan fingerprint density at radius 3 is 1.64 bits per heavy atom. The van der Waals surface area contributed by atoms with Gasteiger partial charge in [0.05, 0.1) is 0 Å². The van der Waals surface area contributed by atoms with E-state index in [1.54, 1.807) is 6.92 Å². The second-order valence-electron chi connectivity index (χ2n) is 1.39. The van der Waals surface area contributed by atoms with Crippen LogP contribution >= 0.6 is 0 Å². The first-order chi connectivity index (χ1) is 4.50. The normalized spacial score (nSPS) is 6.64. The van der Waals surface area contributed by atoms with Crippen molar-refractivity contribution in [2.75, 3.05) is 6.54 Å². The molecule has 0 heterocycles. The van der Waals surface area contributed by atoms with Crippen LogP contribution in [0.15, 0.2) is 0 Å². The SMILES string of the molecule is C=[N+]([O-])[O-].CCC[N+](=O)[O-].[Na+]. The summed E-state index contributed by atoms with van der Waals surface area (Å²) in [6.07, 6.45) is 0.632. The summed E-state index contributed by atoms with van der Waals surface area (Å²) in [5.41, 5.74) is 0. The Labute approximate surface area is 86.5 Å². The van der Waals surface area contributed by atoms with E-state index in [1.165, 1.54) is 0 Å². The molecule has 0 atom stereocenters. The summed E-state index contributed by atoms with van der Waals surface area (Å²) in [7, 11) is 0. The van der Waals surface area contributed by atoms with Gasteiger partial charge in [0.25, 0.3) is 0 Å². The summed E-state index contributed by atoms with van der Waals surface area (Å²) in [4.78, 5) is 8.34. The minimum atomic E-state index is -0.750. The van der Waals surface area contributed by atoms with Crippen molar-refractivity contribution in [2.45, 2.75) is 13.3 Å². The topological polar surface area (TPSA) is 92.3 Å². The van der Waals surface area contributed by atoms with Gasteiger partial charge in [-0.3, -0.25) is 10.1 Å². The van der Waals surface area contributed by atoms with Gasteiger partial charge in [-0.05, 0) is 0 Å². The molecule has 0 saturated carbocycles. The Bertz CT molecular complexity index is 115. The first kappa shape index (κ1) is 17.0. The third kappa shape index (κ3) is 79.8. The first-order valence-corrected chi connectivity index (χ1v) is 2.57. The molecule has 0 aliphatic heterocycles. The van der Waals surface area contributed by atoms with Gasteiger partial charge in [-0.25, -0.2) is 0 Å². The maximum absolute atomic E-state index is 9.40. The molecule has 0 aromatic heterocycles. The van der Waals surface area contributed by atoms with Crippen molar-refractivity contribution in [1.29, 1.82) is 0 Å². The van der Waals surface area contributed by atoms with Gasteiger partial charge in [0.1, 0.15) is 0 Å². The molecule has 0 unspecified atom stereocenters. The molecular formula is C4H9N2NaO4. The molecule has 0 rings (SSSR count). The third-order valence-electron chi connectivity index (χ3n) is 0.406. The average molecular weight is 172 g/mol. The van der Waals surface area contributed by atoms with Crippen molar-refractivity contribution in [1.82, 2.24) is 0 Å². The number of nitrogens with zero attached hydrogens (tertiary/aromatic N) is 2. The molecule has 0 bridgehead atoms. The van der Waals surface area contributed by atoms with Crippen LogP contribution in [0.5, 0.6) is 0 Å². The van der Waals surface area contributed by atoms with Crippen molar-refractivity contribution in [3.05, 3.63) is 20.5 Å². The van der Waals surface area contributed by atoms with E-state index in [0.717, 1.165) is 0 Å². The zero-order chi connectivity index (χ0) is 8.57. The monoisotopic (exact) mass is 172 g/mol. The predicted octanol–water partition coefficient (Wildman–Crippen LogP) is -2.63. The second kappa shape index (κ2) is 12.4. The minimum Gasteiger partial charge on any atom is -0.613 e. The molecule has 7 heteroatoms. The van der Waals surface area contributed by atoms with Crippen LogP contribution in [0.2, 0.25) is 0 Å². The zero-order valence-corrected chi connectivity index (χ0v) is 8.65. The van der Waals surface area contributed by atoms with Crippen molar-refractivity contribution in [3.63, 3.8) is 0 Å². The molecule has 0 spiro atoms. The fourth-order valence-corrected chi connectivity index (χ4v) is 0.183. The largest absolute Gasteiger partial charge is 1.00 e. The molecule has 0 radical (unpaired) electrons. The molecule has 0 amide bonds. The molecule has 0 aromatic carbocycles. The van der Waals surface area contributed by atoms with Gasteiger partial charge in [0, 0.05) is 11.3 Å². The Hall–Kier alpha value is -0.330. The van der Waals surface area contributed by atoms with E-state index in [2.05, 4.69) is 6.72 Å². The second-order valence-corrected chi connectivity index (χ2v) is 1.39. The molecule has 11 heavy (non-hydrogen) atoms. The van der Waals surface area contributed by atoms with Gasteiger partial charge in [-0.15, -0.1) is 0 Å². The summed E-state index contributed by atoms with van der Waals surface area (Å²) >= 11 is 0. The maximum Gasteiger partial charge on any atom is 1.00 e. The van der Waals surface area contributed by atoms with E-state index in [9.17, 15) is 10.1 Å². The summed E-state index contributed by atoms with van der Waals surface area (Å²) in [5.74, 6) is 0. The van der Waals surface area contributed by atoms with Gasteiger partial charge in [-0.1, -0.05) is 6.92 Å². The minimum absolute atomic E-state index is 0. The van der Waals surface area contributed by atoms with Crippen molar-refractivity contribution >= 4 is 6.72 Å². The number of nitro groups is 1. The molecule has 60 valence electrons. The fraction of sp³-hybridized carbons (Fsp3) is 0.750. The quantitative estimate of drug-likeness (QED) is 0.150. The zero-order valence-electron chi connectivity index (χ0n) is 6.65. The third-order valence-corrected chi connectivity index (χ3v) is 0.406. The molecule has 0 aliphatic rings. The summed E-state index contributed by atoms with van der Waals surface area (Å²) in [6, 6.07) is 0. The van der Waals surface area contributed by atoms with E-state index in [-0.39, 0.29) is 41.0 Å². The number of hydrogen-bond donors (Lipinski definition) is 0. The van der Waals surface area contributed by atoms with E-state index in [4.69, 9.17) is 10.4 Å². The Balaban J connectivity index is -0.000000114. The molecule has 0 aromatic rings. The van der Waals surface area contributed by atoms with E-state index >= 15 is 0 Å². The molecule has 0 fully saturated rings. The van der Waals surface area contributed by atoms with Gasteiger partial charge in [-0.2, -0.15) is 4.90 Å². The molecule has 6 nitrogen and oxygen atoms in total. The molecule has 0 aliphatic carbocycles. The van der Waals surface area contributed by atoms with Crippen LogP contribution in [0.25, 0.3) is 0 Å². The Morgan fingerprint density at radius 1 is 1.36 bits per heavy atom. The summed E-state index contributed by atoms with van der Waals surface area (Å²) < 4.78 is 0. The van der Waals surface area contributed by atoms with Crippen LogP contribution in [0.3, 0.4) is 0 Å². The van der Waals surface area contributed by atoms with Crippen LogP contribution in [0.4, 0.5) is 0 Å². The number of rotatable bonds is 2. The van der Waals surface area contributed by atoms with Gasteiger partial charge >= 0.3 is 29.6 Å². The fourth-order valence-electron chi connectivity index (χ4n) is 0.183. The maximum atomic E-state index is 9.40. The van der Waals surface area contributed by atoms with Crippen LogP contribution in [-0.4, -0.2) is 23.1 Å². The van der Waals surface area contributed by atoms with E-state index < -0.39 is 4.90 Å². The molecule has 0 saturated heterocycles. The Kier molecular flexibility index (Phi) is 19.1. The van der Waals surface area contributed by atoms with Crippen molar-refractivity contribution < 1.29 is 39.4 Å². The van der Waals surface area contributed by atoms with Crippen LogP contribution in [0, 0.1) is 20.5 Å². The van der Waals surface area contributed by atoms with Crippen molar-refractivity contribution in [3.8, 4) is 0 Å². The average Bonchev–Trinajstić information content (AvgIpc) is 1.62. The smallest absolute Gasteiger partial charge is 0.613 e. The summed E-state index contributed by atoms with van der Waals surface area (Å²) in [6.45, 7) is 4.24. The van der Waals surface area contributed by atoms with E-state index in [0.29, 0.717) is 6.42 Å². The van der Waals surface area contributed by atoms with Crippen LogP contribution < -0.4 is 29.6 Å². The van der Waals surface area contributed by atoms with Crippen LogP contribution in [0.1, 0.15) is 13.3 Å². The van der Waals surface area contributed by atoms with Crippen molar-refractivity contribution in [2.24, 2.45) is 0 Å².